The Balaban J connectivity index is 1.93. The summed E-state index contributed by atoms with van der Waals surface area (Å²) in [6.45, 7) is 2.62. The lowest BCUT2D eigenvalue weighted by Crippen LogP contribution is -2.36. The zero-order valence-electron chi connectivity index (χ0n) is 12.5. The van der Waals surface area contributed by atoms with Crippen LogP contribution < -0.4 is 5.32 Å². The molecule has 1 aliphatic carbocycles. The number of hydrogen-bond acceptors (Lipinski definition) is 5. The monoisotopic (exact) mass is 276 g/mol. The van der Waals surface area contributed by atoms with Crippen LogP contribution in [0, 0.1) is 0 Å². The maximum absolute atomic E-state index is 5.86. The molecule has 1 saturated heterocycles. The molecule has 2 heterocycles. The van der Waals surface area contributed by atoms with Crippen LogP contribution in [-0.2, 0) is 17.6 Å². The third kappa shape index (κ3) is 2.79. The molecule has 0 amide bonds. The summed E-state index contributed by atoms with van der Waals surface area (Å²) in [5, 5.41) is 3.25. The summed E-state index contributed by atoms with van der Waals surface area (Å²) in [7, 11) is 4.07. The second-order valence-electron chi connectivity index (χ2n) is 5.79. The summed E-state index contributed by atoms with van der Waals surface area (Å²) < 4.78 is 5.86. The first-order chi connectivity index (χ1) is 9.78. The van der Waals surface area contributed by atoms with Gasteiger partial charge in [-0.3, -0.25) is 0 Å². The van der Waals surface area contributed by atoms with Crippen molar-refractivity contribution in [3.05, 3.63) is 17.1 Å². The largest absolute Gasteiger partial charge is 0.373 e. The summed E-state index contributed by atoms with van der Waals surface area (Å²) in [5.41, 5.74) is 2.55. The van der Waals surface area contributed by atoms with Crippen molar-refractivity contribution in [2.24, 2.45) is 0 Å². The van der Waals surface area contributed by atoms with Crippen molar-refractivity contribution in [1.29, 1.82) is 0 Å². The van der Waals surface area contributed by atoms with E-state index in [9.17, 15) is 0 Å². The highest BCUT2D eigenvalue weighted by molar-refractivity contribution is 5.47. The van der Waals surface area contributed by atoms with Crippen LogP contribution in [-0.4, -0.2) is 48.7 Å². The van der Waals surface area contributed by atoms with Gasteiger partial charge in [-0.05, 0) is 32.7 Å². The van der Waals surface area contributed by atoms with Gasteiger partial charge in [-0.15, -0.1) is 0 Å². The van der Waals surface area contributed by atoms with Gasteiger partial charge >= 0.3 is 0 Å². The molecule has 5 nitrogen and oxygen atoms in total. The number of nitrogens with zero attached hydrogens (tertiary/aromatic N) is 3. The Bertz CT molecular complexity index is 477. The van der Waals surface area contributed by atoms with Gasteiger partial charge in [0.05, 0.1) is 6.61 Å². The standard InChI is InChI=1S/C15H24N4O/c1-16-14-11-6-4-3-5-7-12(11)17-15(18-14)13-10-19(2)8-9-20-13/h13H,3-10H2,1-2H3,(H,16,17,18). The van der Waals surface area contributed by atoms with Gasteiger partial charge in [0.25, 0.3) is 0 Å². The number of aryl methyl sites for hydroxylation is 1. The molecule has 0 spiro atoms. The number of morpholine rings is 1. The molecule has 5 heteroatoms. The zero-order chi connectivity index (χ0) is 13.9. The van der Waals surface area contributed by atoms with E-state index in [2.05, 4.69) is 17.3 Å². The average molecular weight is 276 g/mol. The summed E-state index contributed by atoms with van der Waals surface area (Å²) in [5.74, 6) is 1.85. The Kier molecular flexibility index (Phi) is 4.17. The van der Waals surface area contributed by atoms with Gasteiger partial charge in [-0.25, -0.2) is 9.97 Å². The van der Waals surface area contributed by atoms with Crippen LogP contribution in [0.1, 0.15) is 42.4 Å². The molecule has 0 aromatic carbocycles. The number of likely N-dealkylation sites (N-methyl/N-ethyl adjacent to an activating group) is 1. The number of nitrogens with one attached hydrogen (secondary N) is 1. The molecule has 1 fully saturated rings. The van der Waals surface area contributed by atoms with Crippen molar-refractivity contribution >= 4 is 5.82 Å². The molecular weight excluding hydrogens is 252 g/mol. The van der Waals surface area contributed by atoms with Crippen LogP contribution in [0.4, 0.5) is 5.82 Å². The molecule has 2 aliphatic rings. The highest BCUT2D eigenvalue weighted by Gasteiger charge is 2.25. The Labute approximate surface area is 120 Å². The molecule has 1 aliphatic heterocycles. The summed E-state index contributed by atoms with van der Waals surface area (Å²) in [4.78, 5) is 11.8. The number of rotatable bonds is 2. The van der Waals surface area contributed by atoms with E-state index in [4.69, 9.17) is 14.7 Å². The Hall–Kier alpha value is -1.20. The number of aromatic nitrogens is 2. The lowest BCUT2D eigenvalue weighted by Gasteiger charge is -2.29. The maximum atomic E-state index is 5.86. The smallest absolute Gasteiger partial charge is 0.161 e. The highest BCUT2D eigenvalue weighted by Crippen LogP contribution is 2.27. The fourth-order valence-electron chi connectivity index (χ4n) is 3.07. The minimum Gasteiger partial charge on any atom is -0.373 e. The molecule has 1 aromatic rings. The van der Waals surface area contributed by atoms with Crippen LogP contribution >= 0.6 is 0 Å². The van der Waals surface area contributed by atoms with Gasteiger partial charge in [0.1, 0.15) is 11.9 Å². The number of anilines is 1. The SMILES string of the molecule is CNc1nc(C2CN(C)CCO2)nc2c1CCCCC2. The van der Waals surface area contributed by atoms with E-state index in [0.29, 0.717) is 0 Å². The molecule has 1 unspecified atom stereocenters. The summed E-state index contributed by atoms with van der Waals surface area (Å²) in [6, 6.07) is 0. The summed E-state index contributed by atoms with van der Waals surface area (Å²) in [6.07, 6.45) is 5.94. The van der Waals surface area contributed by atoms with Crippen molar-refractivity contribution in [3.8, 4) is 0 Å². The molecule has 1 atom stereocenters. The minimum absolute atomic E-state index is 0.00871. The second kappa shape index (κ2) is 6.06. The third-order valence-corrected chi connectivity index (χ3v) is 4.24. The van der Waals surface area contributed by atoms with E-state index >= 15 is 0 Å². The number of ether oxygens (including phenoxy) is 1. The lowest BCUT2D eigenvalue weighted by atomic mass is 10.1. The van der Waals surface area contributed by atoms with Crippen molar-refractivity contribution in [3.63, 3.8) is 0 Å². The van der Waals surface area contributed by atoms with Crippen LogP contribution in [0.25, 0.3) is 0 Å². The minimum atomic E-state index is 0.00871. The van der Waals surface area contributed by atoms with E-state index in [1.165, 1.54) is 30.5 Å². The van der Waals surface area contributed by atoms with E-state index in [-0.39, 0.29) is 6.10 Å². The lowest BCUT2D eigenvalue weighted by molar-refractivity contribution is -0.0255. The summed E-state index contributed by atoms with van der Waals surface area (Å²) >= 11 is 0. The molecule has 0 radical (unpaired) electrons. The quantitative estimate of drug-likeness (QED) is 0.835. The Morgan fingerprint density at radius 1 is 1.20 bits per heavy atom. The van der Waals surface area contributed by atoms with Gasteiger partial charge in [-0.1, -0.05) is 6.42 Å². The molecule has 110 valence electrons. The molecule has 0 bridgehead atoms. The van der Waals surface area contributed by atoms with Crippen LogP contribution in [0.5, 0.6) is 0 Å². The van der Waals surface area contributed by atoms with E-state index in [1.54, 1.807) is 0 Å². The van der Waals surface area contributed by atoms with E-state index in [1.807, 2.05) is 7.05 Å². The van der Waals surface area contributed by atoms with Gasteiger partial charge < -0.3 is 15.0 Å². The second-order valence-corrected chi connectivity index (χ2v) is 5.79. The maximum Gasteiger partial charge on any atom is 0.161 e. The molecule has 3 rings (SSSR count). The van der Waals surface area contributed by atoms with E-state index < -0.39 is 0 Å². The number of fused-ring (bicyclic) bond motifs is 1. The van der Waals surface area contributed by atoms with Crippen LogP contribution in [0.2, 0.25) is 0 Å². The van der Waals surface area contributed by atoms with Gasteiger partial charge in [0.2, 0.25) is 0 Å². The predicted octanol–water partition coefficient (Wildman–Crippen LogP) is 1.79. The fourth-order valence-corrected chi connectivity index (χ4v) is 3.07. The molecule has 1 N–H and O–H groups in total. The highest BCUT2D eigenvalue weighted by atomic mass is 16.5. The topological polar surface area (TPSA) is 50.3 Å². The first-order valence-corrected chi connectivity index (χ1v) is 7.65. The van der Waals surface area contributed by atoms with Crippen molar-refractivity contribution < 1.29 is 4.74 Å². The van der Waals surface area contributed by atoms with Gasteiger partial charge in [-0.2, -0.15) is 0 Å². The molecule has 0 saturated carbocycles. The van der Waals surface area contributed by atoms with Gasteiger partial charge in [0, 0.05) is 31.4 Å². The zero-order valence-corrected chi connectivity index (χ0v) is 12.5. The average Bonchev–Trinajstić information content (AvgIpc) is 2.71. The van der Waals surface area contributed by atoms with Crippen molar-refractivity contribution in [2.45, 2.75) is 38.2 Å². The fraction of sp³-hybridized carbons (Fsp3) is 0.733. The van der Waals surface area contributed by atoms with Crippen molar-refractivity contribution in [2.75, 3.05) is 39.1 Å². The Morgan fingerprint density at radius 2 is 2.05 bits per heavy atom. The Morgan fingerprint density at radius 3 is 2.85 bits per heavy atom. The third-order valence-electron chi connectivity index (χ3n) is 4.24. The molecule has 1 aromatic heterocycles. The first kappa shape index (κ1) is 13.8. The normalized spacial score (nSPS) is 24.0. The molecular formula is C15H24N4O. The van der Waals surface area contributed by atoms with Gasteiger partial charge in [0.15, 0.2) is 5.82 Å². The van der Waals surface area contributed by atoms with E-state index in [0.717, 1.165) is 44.2 Å². The first-order valence-electron chi connectivity index (χ1n) is 7.65. The van der Waals surface area contributed by atoms with Crippen LogP contribution in [0.3, 0.4) is 0 Å². The van der Waals surface area contributed by atoms with Crippen molar-refractivity contribution in [1.82, 2.24) is 14.9 Å². The van der Waals surface area contributed by atoms with Crippen LogP contribution in [0.15, 0.2) is 0 Å². The predicted molar refractivity (Wildman–Crippen MR) is 79.0 cm³/mol. The molecule has 20 heavy (non-hydrogen) atoms. The number of hydrogen-bond donors (Lipinski definition) is 1.